The van der Waals surface area contributed by atoms with Crippen LogP contribution in [0.3, 0.4) is 0 Å². The van der Waals surface area contributed by atoms with Crippen LogP contribution in [0.15, 0.2) is 30.3 Å². The van der Waals surface area contributed by atoms with Gasteiger partial charge in [-0.3, -0.25) is 0 Å². The number of halogens is 3. The Bertz CT molecular complexity index is 1220. The van der Waals surface area contributed by atoms with E-state index in [1.54, 1.807) is 6.07 Å². The van der Waals surface area contributed by atoms with Crippen molar-refractivity contribution in [2.75, 3.05) is 49.6 Å². The minimum Gasteiger partial charge on any atom is -0.474 e. The molecule has 2 N–H and O–H groups in total. The van der Waals surface area contributed by atoms with Crippen LogP contribution in [-0.2, 0) is 4.74 Å². The Morgan fingerprint density at radius 3 is 2.67 bits per heavy atom. The first-order valence-electron chi connectivity index (χ1n) is 13.9. The molecule has 2 aliphatic heterocycles. The Kier molecular flexibility index (Phi) is 8.15. The Morgan fingerprint density at radius 2 is 1.98 bits per heavy atom. The highest BCUT2D eigenvalue weighted by molar-refractivity contribution is 5.90. The first kappa shape index (κ1) is 28.5. The number of rotatable bonds is 6. The third kappa shape index (κ3) is 7.17. The molecule has 2 unspecified atom stereocenters. The number of alkyl halides is 3. The molecular formula is C29H37F3N4O4. The standard InChI is InChI=1S/C29H37F3N4O4/c1-19-3-4-22(33-27(37)36-8-6-20(18-36)16-29(30,31)32)15-24(19)21-13-25(35-9-11-39-12-10-35)34-26(14-21)40-23-5-7-28(2,38)17-23/h3-4,13-15,20,23,38H,5-12,16-18H2,1-2H3,(H,33,37)/t20-,23?,28?/m0/s1. The van der Waals surface area contributed by atoms with Crippen LogP contribution in [0.25, 0.3) is 11.1 Å². The summed E-state index contributed by atoms with van der Waals surface area (Å²) in [5, 5.41) is 13.3. The minimum atomic E-state index is -4.23. The SMILES string of the molecule is Cc1ccc(NC(=O)N2CC[C@@H](CC(F)(F)F)C2)cc1-c1cc(OC2CCC(C)(O)C2)nc(N2CCOCC2)c1. The van der Waals surface area contributed by atoms with Gasteiger partial charge in [-0.05, 0) is 73.9 Å². The molecule has 8 nitrogen and oxygen atoms in total. The lowest BCUT2D eigenvalue weighted by Gasteiger charge is -2.29. The van der Waals surface area contributed by atoms with E-state index in [0.29, 0.717) is 63.7 Å². The molecule has 3 aliphatic rings. The molecule has 0 spiro atoms. The van der Waals surface area contributed by atoms with Crippen molar-refractivity contribution in [1.82, 2.24) is 9.88 Å². The minimum absolute atomic E-state index is 0.0894. The van der Waals surface area contributed by atoms with Crippen molar-refractivity contribution >= 4 is 17.5 Å². The fourth-order valence-electron chi connectivity index (χ4n) is 5.82. The molecule has 3 fully saturated rings. The zero-order valence-electron chi connectivity index (χ0n) is 23.0. The number of anilines is 2. The summed E-state index contributed by atoms with van der Waals surface area (Å²) in [6.07, 6.45) is -2.95. The van der Waals surface area contributed by atoms with Crippen molar-refractivity contribution in [3.05, 3.63) is 35.9 Å². The number of hydrogen-bond donors (Lipinski definition) is 2. The van der Waals surface area contributed by atoms with Gasteiger partial charge in [0.2, 0.25) is 5.88 Å². The molecule has 0 bridgehead atoms. The monoisotopic (exact) mass is 562 g/mol. The molecule has 3 heterocycles. The lowest BCUT2D eigenvalue weighted by Crippen LogP contribution is -2.36. The molecule has 2 amide bonds. The Morgan fingerprint density at radius 1 is 1.20 bits per heavy atom. The normalized spacial score (nSPS) is 25.4. The van der Waals surface area contributed by atoms with E-state index in [1.165, 1.54) is 4.90 Å². The number of aryl methyl sites for hydroxylation is 1. The van der Waals surface area contributed by atoms with Crippen molar-refractivity contribution in [3.8, 4) is 17.0 Å². The number of likely N-dealkylation sites (tertiary alicyclic amines) is 1. The maximum absolute atomic E-state index is 12.9. The molecule has 1 aromatic carbocycles. The number of amides is 2. The van der Waals surface area contributed by atoms with Gasteiger partial charge in [0, 0.05) is 50.8 Å². The Hall–Kier alpha value is -3.05. The van der Waals surface area contributed by atoms with Crippen LogP contribution in [0.5, 0.6) is 5.88 Å². The zero-order valence-corrected chi connectivity index (χ0v) is 23.0. The van der Waals surface area contributed by atoms with Gasteiger partial charge >= 0.3 is 12.2 Å². The summed E-state index contributed by atoms with van der Waals surface area (Å²) in [6.45, 7) is 6.80. The van der Waals surface area contributed by atoms with Gasteiger partial charge in [-0.25, -0.2) is 4.79 Å². The fourth-order valence-corrected chi connectivity index (χ4v) is 5.82. The zero-order chi connectivity index (χ0) is 28.5. The Labute approximate surface area is 232 Å². The lowest BCUT2D eigenvalue weighted by atomic mass is 10.00. The number of ether oxygens (including phenoxy) is 2. The first-order chi connectivity index (χ1) is 18.9. The quantitative estimate of drug-likeness (QED) is 0.492. The predicted molar refractivity (Wildman–Crippen MR) is 146 cm³/mol. The largest absolute Gasteiger partial charge is 0.474 e. The summed E-state index contributed by atoms with van der Waals surface area (Å²) in [4.78, 5) is 21.3. The van der Waals surface area contributed by atoms with E-state index in [9.17, 15) is 23.1 Å². The lowest BCUT2D eigenvalue weighted by molar-refractivity contribution is -0.143. The summed E-state index contributed by atoms with van der Waals surface area (Å²) in [6, 6.07) is 9.05. The van der Waals surface area contributed by atoms with Crippen molar-refractivity contribution in [1.29, 1.82) is 0 Å². The van der Waals surface area contributed by atoms with Gasteiger partial charge in [-0.1, -0.05) is 6.07 Å². The molecule has 40 heavy (non-hydrogen) atoms. The average Bonchev–Trinajstić information content (AvgIpc) is 3.49. The second kappa shape index (κ2) is 11.4. The van der Waals surface area contributed by atoms with E-state index in [1.807, 2.05) is 38.1 Å². The molecule has 1 saturated carbocycles. The van der Waals surface area contributed by atoms with Gasteiger partial charge in [0.05, 0.1) is 18.8 Å². The molecule has 218 valence electrons. The number of benzene rings is 1. The van der Waals surface area contributed by atoms with Gasteiger partial charge < -0.3 is 29.7 Å². The number of aromatic nitrogens is 1. The summed E-state index contributed by atoms with van der Waals surface area (Å²) in [7, 11) is 0. The van der Waals surface area contributed by atoms with Crippen molar-refractivity contribution in [2.24, 2.45) is 5.92 Å². The van der Waals surface area contributed by atoms with Crippen LogP contribution in [0.2, 0.25) is 0 Å². The number of carbonyl (C=O) groups excluding carboxylic acids is 1. The molecule has 1 aliphatic carbocycles. The number of carbonyl (C=O) groups is 1. The van der Waals surface area contributed by atoms with Gasteiger partial charge in [-0.15, -0.1) is 0 Å². The molecule has 5 rings (SSSR count). The molecule has 0 radical (unpaired) electrons. The van der Waals surface area contributed by atoms with Crippen LogP contribution in [0, 0.1) is 12.8 Å². The van der Waals surface area contributed by atoms with E-state index < -0.39 is 30.1 Å². The molecule has 11 heteroatoms. The Balaban J connectivity index is 1.37. The number of nitrogens with one attached hydrogen (secondary N) is 1. The molecule has 1 aromatic heterocycles. The maximum atomic E-state index is 12.9. The summed E-state index contributed by atoms with van der Waals surface area (Å²) in [5.41, 5.74) is 2.55. The van der Waals surface area contributed by atoms with E-state index >= 15 is 0 Å². The third-order valence-electron chi connectivity index (χ3n) is 7.98. The van der Waals surface area contributed by atoms with Gasteiger partial charge in [0.1, 0.15) is 11.9 Å². The average molecular weight is 563 g/mol. The van der Waals surface area contributed by atoms with Crippen LogP contribution >= 0.6 is 0 Å². The van der Waals surface area contributed by atoms with Crippen LogP contribution in [-0.4, -0.2) is 78.3 Å². The highest BCUT2D eigenvalue weighted by Gasteiger charge is 2.37. The molecule has 2 saturated heterocycles. The van der Waals surface area contributed by atoms with Crippen LogP contribution in [0.1, 0.15) is 44.6 Å². The number of hydrogen-bond acceptors (Lipinski definition) is 6. The summed E-state index contributed by atoms with van der Waals surface area (Å²) >= 11 is 0. The van der Waals surface area contributed by atoms with E-state index in [0.717, 1.165) is 28.9 Å². The first-order valence-corrected chi connectivity index (χ1v) is 13.9. The highest BCUT2D eigenvalue weighted by atomic mass is 19.4. The maximum Gasteiger partial charge on any atom is 0.389 e. The van der Waals surface area contributed by atoms with Crippen LogP contribution < -0.4 is 15.0 Å². The molecular weight excluding hydrogens is 525 g/mol. The van der Waals surface area contributed by atoms with Gasteiger partial charge in [0.15, 0.2) is 0 Å². The third-order valence-corrected chi connectivity index (χ3v) is 7.98. The van der Waals surface area contributed by atoms with Crippen molar-refractivity contribution in [2.45, 2.75) is 63.8 Å². The van der Waals surface area contributed by atoms with Gasteiger partial charge in [-0.2, -0.15) is 18.2 Å². The smallest absolute Gasteiger partial charge is 0.389 e. The van der Waals surface area contributed by atoms with Crippen molar-refractivity contribution < 1.29 is 32.5 Å². The number of morpholine rings is 1. The van der Waals surface area contributed by atoms with Crippen molar-refractivity contribution in [3.63, 3.8) is 0 Å². The predicted octanol–water partition coefficient (Wildman–Crippen LogP) is 5.38. The van der Waals surface area contributed by atoms with Crippen LogP contribution in [0.4, 0.5) is 29.5 Å². The van der Waals surface area contributed by atoms with Gasteiger partial charge in [0.25, 0.3) is 0 Å². The number of aliphatic hydroxyl groups is 1. The number of pyridine rings is 1. The number of urea groups is 1. The van der Waals surface area contributed by atoms with E-state index in [-0.39, 0.29) is 12.6 Å². The second-order valence-corrected chi connectivity index (χ2v) is 11.5. The summed E-state index contributed by atoms with van der Waals surface area (Å²) < 4.78 is 50.2. The highest BCUT2D eigenvalue weighted by Crippen LogP contribution is 2.36. The topological polar surface area (TPSA) is 87.2 Å². The molecule has 3 atom stereocenters. The second-order valence-electron chi connectivity index (χ2n) is 11.5. The molecule has 2 aromatic rings. The van der Waals surface area contributed by atoms with E-state index in [2.05, 4.69) is 10.2 Å². The van der Waals surface area contributed by atoms with E-state index in [4.69, 9.17) is 14.5 Å². The fraction of sp³-hybridized carbons (Fsp3) is 0.586. The summed E-state index contributed by atoms with van der Waals surface area (Å²) in [5.74, 6) is 0.669. The number of nitrogens with zero attached hydrogens (tertiary/aromatic N) is 3.